The molecule has 3 nitrogen and oxygen atoms in total. The second-order valence-electron chi connectivity index (χ2n) is 4.05. The lowest BCUT2D eigenvalue weighted by molar-refractivity contribution is 0.385. The zero-order chi connectivity index (χ0) is 13.8. The average molecular weight is 281 g/mol. The maximum Gasteiger partial charge on any atom is 0.165 e. The van der Waals surface area contributed by atoms with Crippen LogP contribution < -0.4 is 16.0 Å². The number of hydrazine groups is 1. The van der Waals surface area contributed by atoms with Gasteiger partial charge in [0.05, 0.1) is 13.2 Å². The topological polar surface area (TPSA) is 47.3 Å². The predicted octanol–water partition coefficient (Wildman–Crippen LogP) is 3.04. The van der Waals surface area contributed by atoms with E-state index in [0.29, 0.717) is 10.6 Å². The van der Waals surface area contributed by atoms with Crippen LogP contribution in [0, 0.1) is 5.82 Å². The molecule has 2 aromatic carbocycles. The van der Waals surface area contributed by atoms with Crippen molar-refractivity contribution in [2.45, 2.75) is 6.04 Å². The number of benzene rings is 2. The Morgan fingerprint density at radius 3 is 2.53 bits per heavy atom. The highest BCUT2D eigenvalue weighted by Crippen LogP contribution is 2.27. The monoisotopic (exact) mass is 280 g/mol. The van der Waals surface area contributed by atoms with E-state index in [1.807, 2.05) is 12.1 Å². The van der Waals surface area contributed by atoms with E-state index in [9.17, 15) is 4.39 Å². The van der Waals surface area contributed by atoms with Crippen molar-refractivity contribution in [3.8, 4) is 5.75 Å². The molecule has 0 heterocycles. The largest absolute Gasteiger partial charge is 0.494 e. The van der Waals surface area contributed by atoms with Crippen molar-refractivity contribution in [3.63, 3.8) is 0 Å². The third-order valence-corrected chi connectivity index (χ3v) is 3.09. The van der Waals surface area contributed by atoms with E-state index >= 15 is 0 Å². The molecule has 2 aromatic rings. The van der Waals surface area contributed by atoms with Gasteiger partial charge in [-0.1, -0.05) is 29.8 Å². The van der Waals surface area contributed by atoms with Crippen LogP contribution in [0.3, 0.4) is 0 Å². The van der Waals surface area contributed by atoms with E-state index < -0.39 is 5.82 Å². The molecule has 0 spiro atoms. The third-order valence-electron chi connectivity index (χ3n) is 2.86. The van der Waals surface area contributed by atoms with Crippen molar-refractivity contribution in [3.05, 3.63) is 64.4 Å². The van der Waals surface area contributed by atoms with Gasteiger partial charge < -0.3 is 4.74 Å². The van der Waals surface area contributed by atoms with Crippen molar-refractivity contribution in [1.82, 2.24) is 5.43 Å². The van der Waals surface area contributed by atoms with Crippen molar-refractivity contribution >= 4 is 11.6 Å². The van der Waals surface area contributed by atoms with Gasteiger partial charge in [-0.15, -0.1) is 0 Å². The average Bonchev–Trinajstić information content (AvgIpc) is 2.40. The smallest absolute Gasteiger partial charge is 0.165 e. The SMILES string of the molecule is COc1ccc(C(NN)c2cccc(Cl)c2)cc1F. The highest BCUT2D eigenvalue weighted by Gasteiger charge is 2.15. The lowest BCUT2D eigenvalue weighted by Gasteiger charge is -2.17. The van der Waals surface area contributed by atoms with E-state index in [1.165, 1.54) is 13.2 Å². The highest BCUT2D eigenvalue weighted by molar-refractivity contribution is 6.30. The van der Waals surface area contributed by atoms with Gasteiger partial charge in [0.15, 0.2) is 11.6 Å². The van der Waals surface area contributed by atoms with Crippen LogP contribution in [0.2, 0.25) is 5.02 Å². The van der Waals surface area contributed by atoms with Crippen molar-refractivity contribution in [2.75, 3.05) is 7.11 Å². The minimum absolute atomic E-state index is 0.200. The fraction of sp³-hybridized carbons (Fsp3) is 0.143. The Hall–Kier alpha value is -1.62. The van der Waals surface area contributed by atoms with Gasteiger partial charge >= 0.3 is 0 Å². The van der Waals surface area contributed by atoms with E-state index in [2.05, 4.69) is 5.43 Å². The first-order chi connectivity index (χ1) is 9.15. The Morgan fingerprint density at radius 1 is 1.21 bits per heavy atom. The summed E-state index contributed by atoms with van der Waals surface area (Å²) in [7, 11) is 1.42. The molecule has 0 aliphatic heterocycles. The van der Waals surface area contributed by atoms with Crippen molar-refractivity contribution in [1.29, 1.82) is 0 Å². The van der Waals surface area contributed by atoms with Crippen LogP contribution in [-0.4, -0.2) is 7.11 Å². The minimum atomic E-state index is -0.428. The zero-order valence-corrected chi connectivity index (χ0v) is 11.1. The number of nitrogens with two attached hydrogens (primary N) is 1. The fourth-order valence-corrected chi connectivity index (χ4v) is 2.13. The first-order valence-corrected chi connectivity index (χ1v) is 6.08. The summed E-state index contributed by atoms with van der Waals surface area (Å²) in [5.74, 6) is 5.33. The summed E-state index contributed by atoms with van der Waals surface area (Å²) in [5, 5.41) is 0.603. The summed E-state index contributed by atoms with van der Waals surface area (Å²) in [6, 6.07) is 11.6. The molecule has 5 heteroatoms. The van der Waals surface area contributed by atoms with Crippen LogP contribution in [0.15, 0.2) is 42.5 Å². The molecule has 0 fully saturated rings. The summed E-state index contributed by atoms with van der Waals surface area (Å²) >= 11 is 5.95. The highest BCUT2D eigenvalue weighted by atomic mass is 35.5. The molecule has 19 heavy (non-hydrogen) atoms. The number of ether oxygens (including phenoxy) is 1. The van der Waals surface area contributed by atoms with Crippen molar-refractivity contribution < 1.29 is 9.13 Å². The normalized spacial score (nSPS) is 12.2. The number of nitrogens with one attached hydrogen (secondary N) is 1. The molecule has 0 saturated carbocycles. The Kier molecular flexibility index (Phi) is 4.37. The minimum Gasteiger partial charge on any atom is -0.494 e. The summed E-state index contributed by atoms with van der Waals surface area (Å²) in [6.45, 7) is 0. The molecule has 0 aromatic heterocycles. The molecule has 0 bridgehead atoms. The van der Waals surface area contributed by atoms with Crippen LogP contribution in [0.1, 0.15) is 17.2 Å². The molecule has 0 aliphatic carbocycles. The second kappa shape index (κ2) is 6.02. The number of halogens is 2. The Morgan fingerprint density at radius 2 is 1.95 bits per heavy atom. The molecule has 1 atom stereocenters. The Labute approximate surface area is 116 Å². The molecule has 2 rings (SSSR count). The van der Waals surface area contributed by atoms with Gasteiger partial charge in [0.1, 0.15) is 0 Å². The zero-order valence-electron chi connectivity index (χ0n) is 10.4. The summed E-state index contributed by atoms with van der Waals surface area (Å²) in [6.07, 6.45) is 0. The number of methoxy groups -OCH3 is 1. The van der Waals surface area contributed by atoms with E-state index in [0.717, 1.165) is 5.56 Å². The van der Waals surface area contributed by atoms with E-state index in [1.54, 1.807) is 24.3 Å². The molecule has 0 saturated heterocycles. The van der Waals surface area contributed by atoms with E-state index in [4.69, 9.17) is 22.2 Å². The van der Waals surface area contributed by atoms with Crippen LogP contribution in [0.25, 0.3) is 0 Å². The quantitative estimate of drug-likeness (QED) is 0.668. The predicted molar refractivity (Wildman–Crippen MR) is 73.6 cm³/mol. The molecular weight excluding hydrogens is 267 g/mol. The van der Waals surface area contributed by atoms with Crippen molar-refractivity contribution in [2.24, 2.45) is 5.84 Å². The molecule has 1 unspecified atom stereocenters. The number of hydrogen-bond acceptors (Lipinski definition) is 3. The molecule has 3 N–H and O–H groups in total. The fourth-order valence-electron chi connectivity index (χ4n) is 1.93. The molecule has 0 aliphatic rings. The van der Waals surface area contributed by atoms with E-state index in [-0.39, 0.29) is 11.8 Å². The molecular formula is C14H14ClFN2O. The van der Waals surface area contributed by atoms with Crippen LogP contribution in [0.4, 0.5) is 4.39 Å². The Bertz CT molecular complexity index is 577. The lowest BCUT2D eigenvalue weighted by Crippen LogP contribution is -2.28. The van der Waals surface area contributed by atoms with Gasteiger partial charge in [-0.2, -0.15) is 0 Å². The number of rotatable bonds is 4. The standard InChI is InChI=1S/C14H14ClFN2O/c1-19-13-6-5-10(8-12(13)16)14(18-17)9-3-2-4-11(15)7-9/h2-8,14,18H,17H2,1H3. The maximum atomic E-state index is 13.7. The van der Waals surface area contributed by atoms with Gasteiger partial charge in [0.25, 0.3) is 0 Å². The third kappa shape index (κ3) is 3.04. The first kappa shape index (κ1) is 13.8. The lowest BCUT2D eigenvalue weighted by atomic mass is 9.99. The van der Waals surface area contributed by atoms with Crippen LogP contribution >= 0.6 is 11.6 Å². The molecule has 100 valence electrons. The number of hydrogen-bond donors (Lipinski definition) is 2. The van der Waals surface area contributed by atoms with Crippen LogP contribution in [0.5, 0.6) is 5.75 Å². The summed E-state index contributed by atoms with van der Waals surface area (Å²) in [5.41, 5.74) is 4.22. The summed E-state index contributed by atoms with van der Waals surface area (Å²) in [4.78, 5) is 0. The maximum absolute atomic E-state index is 13.7. The van der Waals surface area contributed by atoms with Crippen LogP contribution in [-0.2, 0) is 0 Å². The van der Waals surface area contributed by atoms with Gasteiger partial charge in [-0.25, -0.2) is 9.82 Å². The molecule has 0 radical (unpaired) electrons. The summed E-state index contributed by atoms with van der Waals surface area (Å²) < 4.78 is 18.6. The molecule has 0 amide bonds. The van der Waals surface area contributed by atoms with Gasteiger partial charge in [-0.05, 0) is 35.4 Å². The van der Waals surface area contributed by atoms with Gasteiger partial charge in [-0.3, -0.25) is 5.84 Å². The Balaban J connectivity index is 2.39. The first-order valence-electron chi connectivity index (χ1n) is 5.70. The van der Waals surface area contributed by atoms with Gasteiger partial charge in [0, 0.05) is 5.02 Å². The second-order valence-corrected chi connectivity index (χ2v) is 4.49. The van der Waals surface area contributed by atoms with Gasteiger partial charge in [0.2, 0.25) is 0 Å².